The second-order valence-corrected chi connectivity index (χ2v) is 4.55. The molecule has 1 atom stereocenters. The van der Waals surface area contributed by atoms with Crippen LogP contribution in [0.3, 0.4) is 0 Å². The van der Waals surface area contributed by atoms with Crippen LogP contribution in [0, 0.1) is 0 Å². The molecule has 3 aromatic rings. The van der Waals surface area contributed by atoms with Crippen molar-refractivity contribution in [2.24, 2.45) is 5.73 Å². The van der Waals surface area contributed by atoms with Crippen molar-refractivity contribution in [2.75, 3.05) is 6.54 Å². The zero-order valence-electron chi connectivity index (χ0n) is 10.6. The molecule has 4 nitrogen and oxygen atoms in total. The van der Waals surface area contributed by atoms with Gasteiger partial charge in [-0.2, -0.15) is 15.0 Å². The first-order chi connectivity index (χ1) is 9.38. The van der Waals surface area contributed by atoms with Gasteiger partial charge in [-0.25, -0.2) is 0 Å². The molecule has 2 N–H and O–H groups in total. The average Bonchev–Trinajstić information content (AvgIpc) is 2.98. The Balaban J connectivity index is 2.05. The maximum atomic E-state index is 5.72. The summed E-state index contributed by atoms with van der Waals surface area (Å²) >= 11 is 0. The highest BCUT2D eigenvalue weighted by atomic mass is 15.5. The van der Waals surface area contributed by atoms with Crippen LogP contribution >= 0.6 is 0 Å². The van der Waals surface area contributed by atoms with Gasteiger partial charge in [-0.05, 0) is 35.4 Å². The van der Waals surface area contributed by atoms with Crippen LogP contribution in [0.5, 0.6) is 0 Å². The average molecular weight is 252 g/mol. The molecule has 0 bridgehead atoms. The van der Waals surface area contributed by atoms with Gasteiger partial charge in [0.15, 0.2) is 0 Å². The fraction of sp³-hybridized carbons (Fsp3) is 0.200. The fourth-order valence-corrected chi connectivity index (χ4v) is 2.38. The monoisotopic (exact) mass is 252 g/mol. The first-order valence-electron chi connectivity index (χ1n) is 6.43. The molecular formula is C15H16N4. The summed E-state index contributed by atoms with van der Waals surface area (Å²) in [5.74, 6) is 0. The quantitative estimate of drug-likeness (QED) is 0.775. The molecule has 0 amide bonds. The van der Waals surface area contributed by atoms with Gasteiger partial charge < -0.3 is 5.73 Å². The Morgan fingerprint density at radius 1 is 1.00 bits per heavy atom. The van der Waals surface area contributed by atoms with E-state index in [1.54, 1.807) is 17.2 Å². The number of rotatable bonds is 4. The number of aromatic nitrogens is 3. The van der Waals surface area contributed by atoms with Gasteiger partial charge in [0.25, 0.3) is 0 Å². The molecule has 0 aliphatic heterocycles. The molecule has 4 heteroatoms. The summed E-state index contributed by atoms with van der Waals surface area (Å²) in [6.07, 6.45) is 4.22. The van der Waals surface area contributed by atoms with Gasteiger partial charge in [0.2, 0.25) is 0 Å². The van der Waals surface area contributed by atoms with E-state index >= 15 is 0 Å². The molecule has 0 saturated heterocycles. The highest BCUT2D eigenvalue weighted by molar-refractivity contribution is 5.83. The maximum Gasteiger partial charge on any atom is 0.0977 e. The number of nitrogens with zero attached hydrogens (tertiary/aromatic N) is 3. The molecule has 19 heavy (non-hydrogen) atoms. The lowest BCUT2D eigenvalue weighted by Crippen LogP contribution is -2.17. The minimum atomic E-state index is 0.101. The van der Waals surface area contributed by atoms with Crippen molar-refractivity contribution in [3.8, 4) is 0 Å². The van der Waals surface area contributed by atoms with E-state index in [-0.39, 0.29) is 6.04 Å². The third kappa shape index (κ3) is 2.35. The highest BCUT2D eigenvalue weighted by Crippen LogP contribution is 2.24. The molecule has 0 fully saturated rings. The Kier molecular flexibility index (Phi) is 3.25. The van der Waals surface area contributed by atoms with Gasteiger partial charge in [-0.15, -0.1) is 0 Å². The third-order valence-electron chi connectivity index (χ3n) is 3.31. The van der Waals surface area contributed by atoms with E-state index in [0.717, 1.165) is 6.42 Å². The first kappa shape index (κ1) is 11.9. The summed E-state index contributed by atoms with van der Waals surface area (Å²) in [7, 11) is 0. The molecule has 1 unspecified atom stereocenters. The number of nitrogens with two attached hydrogens (primary N) is 1. The molecule has 1 aromatic heterocycles. The summed E-state index contributed by atoms with van der Waals surface area (Å²) in [5.41, 5.74) is 6.91. The number of hydrogen-bond donors (Lipinski definition) is 1. The molecule has 0 aliphatic carbocycles. The SMILES string of the molecule is NCCC(c1ccc2ccccc2c1)n1nccn1. The molecule has 3 rings (SSSR count). The van der Waals surface area contributed by atoms with Crippen LogP contribution in [-0.4, -0.2) is 21.5 Å². The number of fused-ring (bicyclic) bond motifs is 1. The van der Waals surface area contributed by atoms with Gasteiger partial charge >= 0.3 is 0 Å². The smallest absolute Gasteiger partial charge is 0.0977 e. The summed E-state index contributed by atoms with van der Waals surface area (Å²) in [5, 5.41) is 11.0. The Bertz CT molecular complexity index is 661. The van der Waals surface area contributed by atoms with E-state index in [0.29, 0.717) is 6.54 Å². The van der Waals surface area contributed by atoms with Crippen molar-refractivity contribution in [3.63, 3.8) is 0 Å². The van der Waals surface area contributed by atoms with Crippen LogP contribution in [0.1, 0.15) is 18.0 Å². The third-order valence-corrected chi connectivity index (χ3v) is 3.31. The fourth-order valence-electron chi connectivity index (χ4n) is 2.38. The molecule has 1 heterocycles. The van der Waals surface area contributed by atoms with Crippen molar-refractivity contribution >= 4 is 10.8 Å². The molecule has 0 saturated carbocycles. The minimum Gasteiger partial charge on any atom is -0.330 e. The lowest BCUT2D eigenvalue weighted by atomic mass is 10.0. The van der Waals surface area contributed by atoms with Crippen LogP contribution in [0.4, 0.5) is 0 Å². The lowest BCUT2D eigenvalue weighted by molar-refractivity contribution is 0.440. The zero-order chi connectivity index (χ0) is 13.1. The number of benzene rings is 2. The van der Waals surface area contributed by atoms with Crippen LogP contribution in [-0.2, 0) is 0 Å². The standard InChI is InChI=1S/C15H16N4/c16-8-7-15(19-17-9-10-18-19)14-6-5-12-3-1-2-4-13(12)11-14/h1-6,9-11,15H,7-8,16H2. The highest BCUT2D eigenvalue weighted by Gasteiger charge is 2.14. The predicted molar refractivity (Wildman–Crippen MR) is 75.8 cm³/mol. The van der Waals surface area contributed by atoms with Crippen molar-refractivity contribution in [1.82, 2.24) is 15.0 Å². The molecule has 0 spiro atoms. The Morgan fingerprint density at radius 2 is 1.74 bits per heavy atom. The van der Waals surface area contributed by atoms with Gasteiger partial charge in [-0.1, -0.05) is 36.4 Å². The normalized spacial score (nSPS) is 12.7. The topological polar surface area (TPSA) is 56.7 Å². The first-order valence-corrected chi connectivity index (χ1v) is 6.43. The van der Waals surface area contributed by atoms with E-state index in [1.807, 2.05) is 0 Å². The second kappa shape index (κ2) is 5.20. The van der Waals surface area contributed by atoms with E-state index in [4.69, 9.17) is 5.73 Å². The Morgan fingerprint density at radius 3 is 2.47 bits per heavy atom. The molecule has 96 valence electrons. The molecule has 0 aliphatic rings. The van der Waals surface area contributed by atoms with Crippen LogP contribution in [0.2, 0.25) is 0 Å². The van der Waals surface area contributed by atoms with E-state index in [2.05, 4.69) is 52.7 Å². The lowest BCUT2D eigenvalue weighted by Gasteiger charge is -2.16. The van der Waals surface area contributed by atoms with Gasteiger partial charge in [0.05, 0.1) is 18.4 Å². The molecule has 2 aromatic carbocycles. The van der Waals surface area contributed by atoms with Crippen LogP contribution < -0.4 is 5.73 Å². The Hall–Kier alpha value is -2.20. The van der Waals surface area contributed by atoms with Gasteiger partial charge in [0, 0.05) is 0 Å². The summed E-state index contributed by atoms with van der Waals surface area (Å²) in [6, 6.07) is 14.9. The van der Waals surface area contributed by atoms with E-state index in [1.165, 1.54) is 16.3 Å². The van der Waals surface area contributed by atoms with Crippen LogP contribution in [0.15, 0.2) is 54.9 Å². The van der Waals surface area contributed by atoms with Crippen molar-refractivity contribution in [2.45, 2.75) is 12.5 Å². The summed E-state index contributed by atoms with van der Waals surface area (Å²) in [6.45, 7) is 0.610. The van der Waals surface area contributed by atoms with Gasteiger partial charge in [-0.3, -0.25) is 0 Å². The maximum absolute atomic E-state index is 5.72. The molecular weight excluding hydrogens is 236 g/mol. The van der Waals surface area contributed by atoms with Crippen molar-refractivity contribution in [3.05, 3.63) is 60.4 Å². The summed E-state index contributed by atoms with van der Waals surface area (Å²) in [4.78, 5) is 1.73. The predicted octanol–water partition coefficient (Wildman–Crippen LogP) is 2.37. The summed E-state index contributed by atoms with van der Waals surface area (Å²) < 4.78 is 0. The van der Waals surface area contributed by atoms with Gasteiger partial charge in [0.1, 0.15) is 0 Å². The largest absolute Gasteiger partial charge is 0.330 e. The minimum absolute atomic E-state index is 0.101. The van der Waals surface area contributed by atoms with Crippen LogP contribution in [0.25, 0.3) is 10.8 Å². The number of hydrogen-bond acceptors (Lipinski definition) is 3. The van der Waals surface area contributed by atoms with Crippen molar-refractivity contribution < 1.29 is 0 Å². The zero-order valence-corrected chi connectivity index (χ0v) is 10.6. The Labute approximate surface area is 111 Å². The second-order valence-electron chi connectivity index (χ2n) is 4.55. The van der Waals surface area contributed by atoms with E-state index in [9.17, 15) is 0 Å². The van der Waals surface area contributed by atoms with E-state index < -0.39 is 0 Å². The molecule has 0 radical (unpaired) electrons. The van der Waals surface area contributed by atoms with Crippen molar-refractivity contribution in [1.29, 1.82) is 0 Å².